The number of hydrogen-bond donors (Lipinski definition) is 1. The fraction of sp³-hybridized carbons (Fsp3) is 0.231. The van der Waals surface area contributed by atoms with E-state index in [4.69, 9.17) is 11.6 Å². The highest BCUT2D eigenvalue weighted by molar-refractivity contribution is 7.10. The van der Waals surface area contributed by atoms with Gasteiger partial charge >= 0.3 is 0 Å². The van der Waals surface area contributed by atoms with Crippen LogP contribution >= 0.6 is 22.9 Å². The number of thiophene rings is 1. The zero-order valence-corrected chi connectivity index (χ0v) is 10.9. The van der Waals surface area contributed by atoms with Crippen LogP contribution in [0.3, 0.4) is 0 Å². The molecule has 0 bridgehead atoms. The second-order valence-electron chi connectivity index (χ2n) is 3.74. The van der Waals surface area contributed by atoms with E-state index in [0.29, 0.717) is 0 Å². The largest absolute Gasteiger partial charge is 0.309 e. The number of hydrogen-bond acceptors (Lipinski definition) is 2. The third kappa shape index (κ3) is 2.29. The van der Waals surface area contributed by atoms with Crippen molar-refractivity contribution in [2.24, 2.45) is 0 Å². The van der Waals surface area contributed by atoms with Gasteiger partial charge < -0.3 is 5.32 Å². The molecule has 0 aliphatic rings. The Hall–Kier alpha value is -0.830. The molecule has 1 heterocycles. The van der Waals surface area contributed by atoms with Gasteiger partial charge in [-0.1, -0.05) is 23.7 Å². The first-order valence-corrected chi connectivity index (χ1v) is 6.45. The van der Waals surface area contributed by atoms with Crippen molar-refractivity contribution in [1.82, 2.24) is 5.32 Å². The molecule has 1 aromatic carbocycles. The van der Waals surface area contributed by atoms with Crippen molar-refractivity contribution in [2.45, 2.75) is 13.0 Å². The highest BCUT2D eigenvalue weighted by Crippen LogP contribution is 2.29. The number of benzene rings is 1. The van der Waals surface area contributed by atoms with E-state index in [1.54, 1.807) is 11.3 Å². The van der Waals surface area contributed by atoms with Crippen molar-refractivity contribution in [2.75, 3.05) is 7.05 Å². The van der Waals surface area contributed by atoms with Gasteiger partial charge in [0.2, 0.25) is 0 Å². The fourth-order valence-corrected chi connectivity index (χ4v) is 2.97. The zero-order valence-electron chi connectivity index (χ0n) is 9.33. The molecule has 0 amide bonds. The molecule has 0 spiro atoms. The Kier molecular flexibility index (Phi) is 3.64. The summed E-state index contributed by atoms with van der Waals surface area (Å²) in [4.78, 5) is 1.37. The van der Waals surface area contributed by atoms with Crippen LogP contribution in [0.15, 0.2) is 35.7 Å². The van der Waals surface area contributed by atoms with Crippen molar-refractivity contribution in [3.8, 4) is 0 Å². The third-order valence-electron chi connectivity index (χ3n) is 2.66. The van der Waals surface area contributed by atoms with Crippen molar-refractivity contribution >= 4 is 22.9 Å². The molecule has 0 aliphatic carbocycles. The highest BCUT2D eigenvalue weighted by atomic mass is 35.5. The van der Waals surface area contributed by atoms with E-state index in [1.807, 2.05) is 19.2 Å². The Bertz CT molecular complexity index is 461. The lowest BCUT2D eigenvalue weighted by molar-refractivity contribution is 0.700. The molecule has 1 atom stereocenters. The number of halogens is 1. The minimum absolute atomic E-state index is 0.261. The Balaban J connectivity index is 2.37. The van der Waals surface area contributed by atoms with E-state index in [0.717, 1.165) is 5.02 Å². The molecule has 2 rings (SSSR count). The van der Waals surface area contributed by atoms with Crippen molar-refractivity contribution in [3.63, 3.8) is 0 Å². The smallest absolute Gasteiger partial charge is 0.0671 e. The Morgan fingerprint density at radius 1 is 1.19 bits per heavy atom. The molecule has 1 nitrogen and oxygen atoms in total. The third-order valence-corrected chi connectivity index (χ3v) is 3.99. The van der Waals surface area contributed by atoms with Crippen LogP contribution in [-0.4, -0.2) is 7.05 Å². The van der Waals surface area contributed by atoms with E-state index in [-0.39, 0.29) is 6.04 Å². The molecular formula is C13H14ClNS. The number of rotatable bonds is 3. The van der Waals surface area contributed by atoms with Crippen LogP contribution in [0.2, 0.25) is 5.02 Å². The first-order valence-electron chi connectivity index (χ1n) is 5.19. The van der Waals surface area contributed by atoms with Gasteiger partial charge in [0.1, 0.15) is 0 Å². The molecule has 2 aromatic rings. The van der Waals surface area contributed by atoms with Gasteiger partial charge in [-0.15, -0.1) is 11.3 Å². The second kappa shape index (κ2) is 5.00. The lowest BCUT2D eigenvalue weighted by Crippen LogP contribution is -2.17. The second-order valence-corrected chi connectivity index (χ2v) is 5.13. The summed E-state index contributed by atoms with van der Waals surface area (Å²) in [6.45, 7) is 2.14. The van der Waals surface area contributed by atoms with Crippen molar-refractivity contribution in [1.29, 1.82) is 0 Å². The molecular weight excluding hydrogens is 238 g/mol. The summed E-state index contributed by atoms with van der Waals surface area (Å²) in [6.07, 6.45) is 0. The fourth-order valence-electron chi connectivity index (χ4n) is 1.78. The lowest BCUT2D eigenvalue weighted by Gasteiger charge is -2.16. The van der Waals surface area contributed by atoms with Crippen LogP contribution in [-0.2, 0) is 0 Å². The first-order chi connectivity index (χ1) is 7.72. The molecule has 0 saturated heterocycles. The lowest BCUT2D eigenvalue weighted by atomic mass is 10.0. The van der Waals surface area contributed by atoms with Gasteiger partial charge in [-0.05, 0) is 48.7 Å². The van der Waals surface area contributed by atoms with Crippen LogP contribution < -0.4 is 5.32 Å². The summed E-state index contributed by atoms with van der Waals surface area (Å²) in [6, 6.07) is 10.4. The standard InChI is InChI=1S/C13H14ClNS/c1-9-7-8-16-13(9)12(15-2)10-3-5-11(14)6-4-10/h3-8,12,15H,1-2H3. The molecule has 1 unspecified atom stereocenters. The minimum atomic E-state index is 0.261. The van der Waals surface area contributed by atoms with E-state index in [9.17, 15) is 0 Å². The summed E-state index contributed by atoms with van der Waals surface area (Å²) in [5.74, 6) is 0. The van der Waals surface area contributed by atoms with Crippen LogP contribution in [0.1, 0.15) is 22.0 Å². The van der Waals surface area contributed by atoms with E-state index in [1.165, 1.54) is 16.0 Å². The highest BCUT2D eigenvalue weighted by Gasteiger charge is 2.14. The van der Waals surface area contributed by atoms with Gasteiger partial charge in [0, 0.05) is 9.90 Å². The maximum Gasteiger partial charge on any atom is 0.0671 e. The van der Waals surface area contributed by atoms with Gasteiger partial charge in [-0.25, -0.2) is 0 Å². The quantitative estimate of drug-likeness (QED) is 0.869. The minimum Gasteiger partial charge on any atom is -0.309 e. The Morgan fingerprint density at radius 3 is 2.38 bits per heavy atom. The van der Waals surface area contributed by atoms with E-state index < -0.39 is 0 Å². The predicted octanol–water partition coefficient (Wildman–Crippen LogP) is 4.02. The van der Waals surface area contributed by atoms with Crippen LogP contribution in [0.25, 0.3) is 0 Å². The number of nitrogens with one attached hydrogen (secondary N) is 1. The molecule has 0 aliphatic heterocycles. The van der Waals surface area contributed by atoms with Crippen LogP contribution in [0.4, 0.5) is 0 Å². The van der Waals surface area contributed by atoms with Crippen LogP contribution in [0.5, 0.6) is 0 Å². The van der Waals surface area contributed by atoms with Crippen molar-refractivity contribution in [3.05, 3.63) is 56.7 Å². The first kappa shape index (κ1) is 11.6. The van der Waals surface area contributed by atoms with Gasteiger partial charge in [0.25, 0.3) is 0 Å². The monoisotopic (exact) mass is 251 g/mol. The maximum absolute atomic E-state index is 5.90. The average Bonchev–Trinajstić information content (AvgIpc) is 2.69. The summed E-state index contributed by atoms with van der Waals surface area (Å²) in [7, 11) is 1.98. The Labute approximate surface area is 105 Å². The summed E-state index contributed by atoms with van der Waals surface area (Å²) in [5.41, 5.74) is 2.58. The number of aryl methyl sites for hydroxylation is 1. The van der Waals surface area contributed by atoms with Crippen molar-refractivity contribution < 1.29 is 0 Å². The van der Waals surface area contributed by atoms with Gasteiger partial charge in [0.05, 0.1) is 6.04 Å². The topological polar surface area (TPSA) is 12.0 Å². The summed E-state index contributed by atoms with van der Waals surface area (Å²) in [5, 5.41) is 6.26. The predicted molar refractivity (Wildman–Crippen MR) is 71.4 cm³/mol. The maximum atomic E-state index is 5.90. The van der Waals surface area contributed by atoms with Crippen LogP contribution in [0, 0.1) is 6.92 Å². The molecule has 0 radical (unpaired) electrons. The summed E-state index contributed by atoms with van der Waals surface area (Å²) < 4.78 is 0. The molecule has 84 valence electrons. The SMILES string of the molecule is CNC(c1ccc(Cl)cc1)c1sccc1C. The normalized spacial score (nSPS) is 12.7. The zero-order chi connectivity index (χ0) is 11.5. The van der Waals surface area contributed by atoms with E-state index >= 15 is 0 Å². The average molecular weight is 252 g/mol. The molecule has 1 N–H and O–H groups in total. The van der Waals surface area contributed by atoms with Gasteiger partial charge in [-0.2, -0.15) is 0 Å². The Morgan fingerprint density at radius 2 is 1.88 bits per heavy atom. The van der Waals surface area contributed by atoms with Gasteiger partial charge in [-0.3, -0.25) is 0 Å². The van der Waals surface area contributed by atoms with E-state index in [2.05, 4.69) is 35.8 Å². The summed E-state index contributed by atoms with van der Waals surface area (Å²) >= 11 is 7.68. The molecule has 0 saturated carbocycles. The van der Waals surface area contributed by atoms with Gasteiger partial charge in [0.15, 0.2) is 0 Å². The molecule has 16 heavy (non-hydrogen) atoms. The molecule has 0 fully saturated rings. The molecule has 3 heteroatoms. The molecule has 1 aromatic heterocycles.